The summed E-state index contributed by atoms with van der Waals surface area (Å²) >= 11 is 0. The zero-order valence-corrected chi connectivity index (χ0v) is 8.17. The quantitative estimate of drug-likeness (QED) is 0.437. The van der Waals surface area contributed by atoms with Crippen LogP contribution in [0.4, 0.5) is 8.78 Å². The summed E-state index contributed by atoms with van der Waals surface area (Å²) in [6.45, 7) is 3.60. The predicted molar refractivity (Wildman–Crippen MR) is 51.8 cm³/mol. The highest BCUT2D eigenvalue weighted by Gasteiger charge is 2.32. The Hall–Kier alpha value is -1.71. The van der Waals surface area contributed by atoms with E-state index >= 15 is 0 Å². The Bertz CT molecular complexity index is 366. The van der Waals surface area contributed by atoms with E-state index in [0.717, 1.165) is 0 Å². The van der Waals surface area contributed by atoms with E-state index in [0.29, 0.717) is 6.92 Å². The minimum atomic E-state index is -3.26. The third-order valence-corrected chi connectivity index (χ3v) is 1.73. The van der Waals surface area contributed by atoms with Crippen molar-refractivity contribution in [1.29, 1.82) is 0 Å². The molecular formula is C11H10F2O2. The molecule has 0 aliphatic heterocycles. The number of hydrogen-bond donors (Lipinski definition) is 0. The molecule has 4 heteroatoms. The standard InChI is InChI=1S/C11H10F2O2/c1-8(11(2,12)13)10(14)15-9-6-4-3-5-7-9/h3-7H,1H2,2H3. The number of para-hydroxylation sites is 1. The van der Waals surface area contributed by atoms with E-state index in [-0.39, 0.29) is 5.75 Å². The first kappa shape index (κ1) is 11.4. The zero-order chi connectivity index (χ0) is 11.5. The van der Waals surface area contributed by atoms with Crippen molar-refractivity contribution in [2.75, 3.05) is 0 Å². The van der Waals surface area contributed by atoms with Crippen LogP contribution in [0.3, 0.4) is 0 Å². The molecule has 0 saturated heterocycles. The maximum atomic E-state index is 12.7. The van der Waals surface area contributed by atoms with Crippen molar-refractivity contribution in [2.24, 2.45) is 0 Å². The summed E-state index contributed by atoms with van der Waals surface area (Å²) in [7, 11) is 0. The molecule has 80 valence electrons. The van der Waals surface area contributed by atoms with Crippen LogP contribution in [0.5, 0.6) is 5.75 Å². The van der Waals surface area contributed by atoms with E-state index < -0.39 is 17.5 Å². The lowest BCUT2D eigenvalue weighted by molar-refractivity contribution is -0.133. The average molecular weight is 212 g/mol. The highest BCUT2D eigenvalue weighted by atomic mass is 19.3. The van der Waals surface area contributed by atoms with Gasteiger partial charge in [0.1, 0.15) is 5.75 Å². The van der Waals surface area contributed by atoms with Gasteiger partial charge in [-0.15, -0.1) is 0 Å². The molecule has 1 aromatic rings. The Balaban J connectivity index is 2.69. The molecule has 0 atom stereocenters. The molecule has 1 rings (SSSR count). The first-order valence-electron chi connectivity index (χ1n) is 4.25. The van der Waals surface area contributed by atoms with Crippen molar-refractivity contribution >= 4 is 5.97 Å². The Morgan fingerprint density at radius 2 is 1.87 bits per heavy atom. The normalized spacial score (nSPS) is 10.9. The monoisotopic (exact) mass is 212 g/mol. The molecule has 0 aliphatic rings. The summed E-state index contributed by atoms with van der Waals surface area (Å²) in [4.78, 5) is 11.2. The number of alkyl halides is 2. The van der Waals surface area contributed by atoms with Crippen LogP contribution in [-0.2, 0) is 4.79 Å². The minimum absolute atomic E-state index is 0.216. The van der Waals surface area contributed by atoms with Gasteiger partial charge in [0.15, 0.2) is 0 Å². The summed E-state index contributed by atoms with van der Waals surface area (Å²) in [5.74, 6) is -4.16. The fourth-order valence-corrected chi connectivity index (χ4v) is 0.836. The van der Waals surface area contributed by atoms with Gasteiger partial charge in [-0.1, -0.05) is 24.8 Å². The van der Waals surface area contributed by atoms with E-state index in [1.165, 1.54) is 12.1 Å². The first-order chi connectivity index (χ1) is 6.91. The van der Waals surface area contributed by atoms with Gasteiger partial charge in [0, 0.05) is 6.92 Å². The molecule has 0 radical (unpaired) electrons. The van der Waals surface area contributed by atoms with Gasteiger partial charge in [0.25, 0.3) is 5.92 Å². The lowest BCUT2D eigenvalue weighted by Gasteiger charge is -2.12. The van der Waals surface area contributed by atoms with Crippen molar-refractivity contribution in [2.45, 2.75) is 12.8 Å². The average Bonchev–Trinajstić information content (AvgIpc) is 2.16. The van der Waals surface area contributed by atoms with Crippen molar-refractivity contribution in [1.82, 2.24) is 0 Å². The SMILES string of the molecule is C=C(C(=O)Oc1ccccc1)C(C)(F)F. The summed E-state index contributed by atoms with van der Waals surface area (Å²) in [6, 6.07) is 7.99. The van der Waals surface area contributed by atoms with Crippen molar-refractivity contribution in [3.8, 4) is 5.75 Å². The maximum absolute atomic E-state index is 12.7. The lowest BCUT2D eigenvalue weighted by Crippen LogP contribution is -2.24. The van der Waals surface area contributed by atoms with E-state index in [1.54, 1.807) is 18.2 Å². The summed E-state index contributed by atoms with van der Waals surface area (Å²) < 4.78 is 30.0. The van der Waals surface area contributed by atoms with Crippen LogP contribution in [0, 0.1) is 0 Å². The second-order valence-electron chi connectivity index (χ2n) is 3.07. The Kier molecular flexibility index (Phi) is 3.19. The molecule has 0 aliphatic carbocycles. The van der Waals surface area contributed by atoms with Crippen molar-refractivity contribution in [3.05, 3.63) is 42.5 Å². The molecule has 0 heterocycles. The van der Waals surface area contributed by atoms with Gasteiger partial charge < -0.3 is 4.74 Å². The van der Waals surface area contributed by atoms with E-state index in [4.69, 9.17) is 0 Å². The molecule has 0 bridgehead atoms. The van der Waals surface area contributed by atoms with Crippen LogP contribution in [0.2, 0.25) is 0 Å². The maximum Gasteiger partial charge on any atom is 0.344 e. The Labute approximate surface area is 86.2 Å². The smallest absolute Gasteiger partial charge is 0.344 e. The number of benzene rings is 1. The Morgan fingerprint density at radius 1 is 1.33 bits per heavy atom. The number of esters is 1. The topological polar surface area (TPSA) is 26.3 Å². The Morgan fingerprint density at radius 3 is 2.33 bits per heavy atom. The molecule has 15 heavy (non-hydrogen) atoms. The molecular weight excluding hydrogens is 202 g/mol. The molecule has 0 N–H and O–H groups in total. The molecule has 0 unspecified atom stereocenters. The fourth-order valence-electron chi connectivity index (χ4n) is 0.836. The molecule has 0 saturated carbocycles. The number of hydrogen-bond acceptors (Lipinski definition) is 2. The van der Waals surface area contributed by atoms with E-state index in [2.05, 4.69) is 11.3 Å². The van der Waals surface area contributed by atoms with Crippen LogP contribution in [-0.4, -0.2) is 11.9 Å². The van der Waals surface area contributed by atoms with Crippen molar-refractivity contribution in [3.63, 3.8) is 0 Å². The molecule has 0 fully saturated rings. The van der Waals surface area contributed by atoms with Crippen LogP contribution >= 0.6 is 0 Å². The third kappa shape index (κ3) is 3.16. The number of carbonyl (C=O) groups is 1. The summed E-state index contributed by atoms with van der Waals surface area (Å²) in [5, 5.41) is 0. The second kappa shape index (κ2) is 4.21. The number of rotatable bonds is 3. The zero-order valence-electron chi connectivity index (χ0n) is 8.17. The van der Waals surface area contributed by atoms with Crippen molar-refractivity contribution < 1.29 is 18.3 Å². The number of carbonyl (C=O) groups excluding carboxylic acids is 1. The minimum Gasteiger partial charge on any atom is -0.423 e. The van der Waals surface area contributed by atoms with Crippen LogP contribution in [0.25, 0.3) is 0 Å². The number of ether oxygens (including phenoxy) is 1. The van der Waals surface area contributed by atoms with Crippen LogP contribution in [0.15, 0.2) is 42.5 Å². The molecule has 0 amide bonds. The van der Waals surface area contributed by atoms with E-state index in [1.807, 2.05) is 0 Å². The van der Waals surface area contributed by atoms with Gasteiger partial charge >= 0.3 is 5.97 Å². The van der Waals surface area contributed by atoms with Gasteiger partial charge in [-0.25, -0.2) is 13.6 Å². The van der Waals surface area contributed by atoms with Gasteiger partial charge in [-0.3, -0.25) is 0 Å². The fraction of sp³-hybridized carbons (Fsp3) is 0.182. The molecule has 0 aromatic heterocycles. The summed E-state index contributed by atoms with van der Waals surface area (Å²) in [5.41, 5.74) is -0.855. The van der Waals surface area contributed by atoms with E-state index in [9.17, 15) is 13.6 Å². The predicted octanol–water partition coefficient (Wildman–Crippen LogP) is 2.80. The molecule has 1 aromatic carbocycles. The second-order valence-corrected chi connectivity index (χ2v) is 3.07. The molecule has 0 spiro atoms. The van der Waals surface area contributed by atoms with Gasteiger partial charge in [-0.05, 0) is 12.1 Å². The van der Waals surface area contributed by atoms with Crippen LogP contribution in [0.1, 0.15) is 6.92 Å². The third-order valence-electron chi connectivity index (χ3n) is 1.73. The molecule has 2 nitrogen and oxygen atoms in total. The largest absolute Gasteiger partial charge is 0.423 e. The first-order valence-corrected chi connectivity index (χ1v) is 4.25. The van der Waals surface area contributed by atoms with Crippen LogP contribution < -0.4 is 4.74 Å². The van der Waals surface area contributed by atoms with Gasteiger partial charge in [0.2, 0.25) is 0 Å². The highest BCUT2D eigenvalue weighted by molar-refractivity contribution is 5.91. The lowest BCUT2D eigenvalue weighted by atomic mass is 10.2. The highest BCUT2D eigenvalue weighted by Crippen LogP contribution is 2.23. The summed E-state index contributed by atoms with van der Waals surface area (Å²) in [6.07, 6.45) is 0. The van der Waals surface area contributed by atoms with Gasteiger partial charge in [-0.2, -0.15) is 0 Å². The number of halogens is 2. The van der Waals surface area contributed by atoms with Gasteiger partial charge in [0.05, 0.1) is 5.57 Å².